The van der Waals surface area contributed by atoms with Crippen molar-refractivity contribution in [2.45, 2.75) is 92.9 Å². The molecule has 8 aromatic rings. The Morgan fingerprint density at radius 2 is 0.645 bits per heavy atom. The summed E-state index contributed by atoms with van der Waals surface area (Å²) in [5, 5.41) is 5.53. The first-order valence-electron chi connectivity index (χ1n) is 21.3. The third kappa shape index (κ3) is 13.6. The van der Waals surface area contributed by atoms with Gasteiger partial charge in [-0.1, -0.05) is 229 Å². The number of halogens is 2. The summed E-state index contributed by atoms with van der Waals surface area (Å²) in [4.78, 5) is 0. The van der Waals surface area contributed by atoms with Crippen LogP contribution in [0.15, 0.2) is 146 Å². The summed E-state index contributed by atoms with van der Waals surface area (Å²) in [5.74, 6) is 0. The third-order valence-corrected chi connectivity index (χ3v) is 11.5. The van der Waals surface area contributed by atoms with Gasteiger partial charge in [0.05, 0.1) is 0 Å². The van der Waals surface area contributed by atoms with Crippen LogP contribution in [-0.4, -0.2) is 6.88 Å². The van der Waals surface area contributed by atoms with Crippen molar-refractivity contribution in [3.8, 4) is 44.5 Å². The molecule has 0 fully saturated rings. The summed E-state index contributed by atoms with van der Waals surface area (Å²) in [7, 11) is 0. The van der Waals surface area contributed by atoms with Crippen molar-refractivity contribution >= 4 is 53.2 Å². The van der Waals surface area contributed by atoms with Gasteiger partial charge in [0.25, 0.3) is 0 Å². The quantitative estimate of drug-likeness (QED) is 0.0650. The summed E-state index contributed by atoms with van der Waals surface area (Å²) < 4.78 is 0. The van der Waals surface area contributed by atoms with E-state index in [0.717, 1.165) is 0 Å². The fourth-order valence-corrected chi connectivity index (χ4v) is 8.11. The molecule has 0 nitrogen and oxygen atoms in total. The van der Waals surface area contributed by atoms with Gasteiger partial charge in [0, 0.05) is 0 Å². The molecule has 0 heterocycles. The van der Waals surface area contributed by atoms with E-state index in [2.05, 4.69) is 194 Å². The van der Waals surface area contributed by atoms with Gasteiger partial charge in [-0.3, -0.25) is 0 Å². The first-order valence-corrected chi connectivity index (χ1v) is 25.5. The third-order valence-electron chi connectivity index (χ3n) is 11.5. The minimum atomic E-state index is 0. The molecule has 0 aliphatic heterocycles. The minimum absolute atomic E-state index is 0. The second kappa shape index (κ2) is 26.8. The van der Waals surface area contributed by atoms with Gasteiger partial charge in [-0.15, -0.1) is 69.6 Å². The fourth-order valence-electron chi connectivity index (χ4n) is 8.11. The predicted octanol–water partition coefficient (Wildman–Crippen LogP) is 17.8. The van der Waals surface area contributed by atoms with Crippen LogP contribution in [0.3, 0.4) is 0 Å². The molecular formula is C58H66Cl2SiZr-4. The van der Waals surface area contributed by atoms with Crippen molar-refractivity contribution in [3.63, 3.8) is 0 Å². The van der Waals surface area contributed by atoms with E-state index in [1.54, 1.807) is 0 Å². The maximum absolute atomic E-state index is 3.06. The topological polar surface area (TPSA) is 0 Å². The maximum atomic E-state index is 3.06. The molecular weight excluding hydrogens is 887 g/mol. The van der Waals surface area contributed by atoms with Gasteiger partial charge < -0.3 is 14.9 Å². The Hall–Kier alpha value is -3.78. The number of benzene rings is 6. The number of hydrogen-bond acceptors (Lipinski definition) is 0. The molecule has 0 aliphatic carbocycles. The fraction of sp³-hybridized carbons (Fsp3) is 0.241. The Labute approximate surface area is 404 Å². The summed E-state index contributed by atoms with van der Waals surface area (Å²) in [5.41, 5.74) is 18.7. The molecule has 0 aliphatic rings. The van der Waals surface area contributed by atoms with Crippen molar-refractivity contribution in [1.29, 1.82) is 0 Å². The zero-order chi connectivity index (χ0) is 41.0. The molecule has 0 saturated carbocycles. The molecule has 0 aromatic heterocycles. The van der Waals surface area contributed by atoms with Crippen LogP contribution >= 0.6 is 24.8 Å². The van der Waals surface area contributed by atoms with E-state index >= 15 is 0 Å². The molecule has 324 valence electrons. The summed E-state index contributed by atoms with van der Waals surface area (Å²) in [6, 6.07) is 54.6. The summed E-state index contributed by atoms with van der Waals surface area (Å²) in [6.45, 7) is 16.2. The SMILES string of the molecule is CCCCCc1cc2c(-c3ccc(C)cc3)ccc(-c3ccc(C)cc3)c2[cH-]1.CCCCCc1cc2c(-c3ccc(C)cc3)ccc(-c3ccc(C)cc3)c2[cH-]1.Cl.Cl.[CH3-].[CH3-].[Si]=[Zr]. The number of hydrogen-bond donors (Lipinski definition) is 0. The van der Waals surface area contributed by atoms with Crippen molar-refractivity contribution in [2.24, 2.45) is 0 Å². The van der Waals surface area contributed by atoms with Gasteiger partial charge in [-0.25, -0.2) is 0 Å². The molecule has 0 N–H and O–H groups in total. The average Bonchev–Trinajstić information content (AvgIpc) is 3.88. The van der Waals surface area contributed by atoms with Crippen LogP contribution in [0.5, 0.6) is 0 Å². The molecule has 0 saturated heterocycles. The van der Waals surface area contributed by atoms with Crippen LogP contribution in [0.4, 0.5) is 0 Å². The number of aryl methyl sites for hydroxylation is 6. The molecule has 62 heavy (non-hydrogen) atoms. The van der Waals surface area contributed by atoms with Gasteiger partial charge in [0.1, 0.15) is 0 Å². The predicted molar refractivity (Wildman–Crippen MR) is 279 cm³/mol. The molecule has 0 atom stereocenters. The van der Waals surface area contributed by atoms with Gasteiger partial charge in [0.2, 0.25) is 0 Å². The van der Waals surface area contributed by atoms with E-state index in [4.69, 9.17) is 0 Å². The number of rotatable bonds is 12. The van der Waals surface area contributed by atoms with E-state index < -0.39 is 0 Å². The molecule has 0 bridgehead atoms. The van der Waals surface area contributed by atoms with Gasteiger partial charge in [-0.2, -0.15) is 12.1 Å². The Bertz CT molecular complexity index is 2180. The molecule has 8 rings (SSSR count). The first kappa shape index (κ1) is 54.4. The summed E-state index contributed by atoms with van der Waals surface area (Å²) >= 11 is 1.36. The monoisotopic (exact) mass is 950 g/mol. The van der Waals surface area contributed by atoms with Gasteiger partial charge in [0.15, 0.2) is 0 Å². The van der Waals surface area contributed by atoms with Crippen LogP contribution in [0.2, 0.25) is 0 Å². The van der Waals surface area contributed by atoms with Gasteiger partial charge >= 0.3 is 30.2 Å². The molecule has 8 aromatic carbocycles. The van der Waals surface area contributed by atoms with E-state index in [0.29, 0.717) is 0 Å². The zero-order valence-electron chi connectivity index (χ0n) is 38.3. The van der Waals surface area contributed by atoms with Crippen LogP contribution in [0.25, 0.3) is 66.1 Å². The second-order valence-electron chi connectivity index (χ2n) is 16.1. The van der Waals surface area contributed by atoms with E-state index in [1.165, 1.54) is 174 Å². The van der Waals surface area contributed by atoms with Gasteiger partial charge in [-0.05, 0) is 51.7 Å². The van der Waals surface area contributed by atoms with Crippen molar-refractivity contribution < 1.29 is 23.3 Å². The molecule has 0 unspecified atom stereocenters. The van der Waals surface area contributed by atoms with Crippen molar-refractivity contribution in [2.75, 3.05) is 0 Å². The molecule has 0 spiro atoms. The zero-order valence-corrected chi connectivity index (χ0v) is 43.4. The summed E-state index contributed by atoms with van der Waals surface area (Å²) in [6.07, 6.45) is 10.0. The molecule has 2 radical (unpaired) electrons. The Morgan fingerprint density at radius 1 is 0.387 bits per heavy atom. The van der Waals surface area contributed by atoms with Crippen molar-refractivity contribution in [3.05, 3.63) is 194 Å². The standard InChI is InChI=1S/2C28H29.2CH3.2ClH.Si.Zr/c2*1-4-5-6-7-22-18-27-25(23-12-8-20(2)9-13-23)16-17-26(28(27)19-22)24-14-10-21(3)11-15-24;;;;;;/h2*8-19H,4-7H2,1-3H3;2*1H3;2*1H;;/q4*-1;;;;. The van der Waals surface area contributed by atoms with E-state index in [-0.39, 0.29) is 39.7 Å². The van der Waals surface area contributed by atoms with E-state index in [9.17, 15) is 0 Å². The Balaban J connectivity index is 0.000000386. The van der Waals surface area contributed by atoms with Crippen LogP contribution in [-0.2, 0) is 36.2 Å². The van der Waals surface area contributed by atoms with Crippen molar-refractivity contribution in [1.82, 2.24) is 0 Å². The van der Waals surface area contributed by atoms with Crippen LogP contribution < -0.4 is 0 Å². The second-order valence-corrected chi connectivity index (χ2v) is 16.1. The number of fused-ring (bicyclic) bond motifs is 2. The van der Waals surface area contributed by atoms with E-state index in [1.807, 2.05) is 0 Å². The van der Waals surface area contributed by atoms with Crippen LogP contribution in [0.1, 0.15) is 85.8 Å². The number of unbranched alkanes of at least 4 members (excludes halogenated alkanes) is 4. The normalized spacial score (nSPS) is 10.2. The Morgan fingerprint density at radius 3 is 0.919 bits per heavy atom. The molecule has 0 amide bonds. The first-order chi connectivity index (χ1) is 28.3. The van der Waals surface area contributed by atoms with Crippen LogP contribution in [0, 0.1) is 42.5 Å². The Kier molecular flexibility index (Phi) is 23.5. The average molecular weight is 953 g/mol. The molecule has 4 heteroatoms.